The number of hydrogen-bond donors (Lipinski definition) is 1. The fourth-order valence-corrected chi connectivity index (χ4v) is 5.21. The number of hydrogen-bond acceptors (Lipinski definition) is 5. The number of carbonyl (C=O) groups excluding carboxylic acids is 1. The Balaban J connectivity index is 1.28. The van der Waals surface area contributed by atoms with E-state index in [2.05, 4.69) is 52.4 Å². The van der Waals surface area contributed by atoms with Crippen LogP contribution in [0.2, 0.25) is 0 Å². The van der Waals surface area contributed by atoms with Crippen molar-refractivity contribution < 1.29 is 19.0 Å². The van der Waals surface area contributed by atoms with Gasteiger partial charge in [-0.25, -0.2) is 0 Å². The molecule has 5 aromatic carbocycles. The minimum Gasteiger partial charge on any atom is -0.493 e. The number of anilines is 1. The molecule has 0 aliphatic heterocycles. The summed E-state index contributed by atoms with van der Waals surface area (Å²) in [5, 5.41) is 14.8. The molecule has 5 rings (SSSR count). The molecule has 0 spiro atoms. The summed E-state index contributed by atoms with van der Waals surface area (Å²) in [5.41, 5.74) is 4.38. The number of fused-ring (bicyclic) bond motifs is 1. The Morgan fingerprint density at radius 3 is 2.40 bits per heavy atom. The fourth-order valence-electron chi connectivity index (χ4n) is 4.63. The van der Waals surface area contributed by atoms with Gasteiger partial charge in [0, 0.05) is 11.3 Å². The van der Waals surface area contributed by atoms with E-state index in [1.165, 1.54) is 6.08 Å². The molecule has 43 heavy (non-hydrogen) atoms. The van der Waals surface area contributed by atoms with Gasteiger partial charge in [-0.15, -0.1) is 0 Å². The van der Waals surface area contributed by atoms with Gasteiger partial charge in [0.1, 0.15) is 30.6 Å². The summed E-state index contributed by atoms with van der Waals surface area (Å²) >= 11 is 3.59. The highest BCUT2D eigenvalue weighted by Gasteiger charge is 2.16. The molecular formula is C36H29BrN2O4. The van der Waals surface area contributed by atoms with Gasteiger partial charge in [0.15, 0.2) is 11.5 Å². The van der Waals surface area contributed by atoms with E-state index in [1.807, 2.05) is 48.5 Å². The zero-order valence-corrected chi connectivity index (χ0v) is 25.4. The molecule has 0 unspecified atom stereocenters. The first kappa shape index (κ1) is 29.4. The van der Waals surface area contributed by atoms with Crippen LogP contribution in [0.3, 0.4) is 0 Å². The van der Waals surface area contributed by atoms with Crippen LogP contribution in [0, 0.1) is 18.3 Å². The number of benzene rings is 5. The van der Waals surface area contributed by atoms with Crippen LogP contribution in [0.4, 0.5) is 5.69 Å². The van der Waals surface area contributed by atoms with Crippen LogP contribution in [0.1, 0.15) is 22.3 Å². The van der Waals surface area contributed by atoms with Crippen LogP contribution in [0.5, 0.6) is 17.2 Å². The molecule has 0 heterocycles. The van der Waals surface area contributed by atoms with Crippen molar-refractivity contribution in [3.8, 4) is 23.3 Å². The molecule has 6 nitrogen and oxygen atoms in total. The van der Waals surface area contributed by atoms with E-state index in [1.54, 1.807) is 43.5 Å². The quantitative estimate of drug-likeness (QED) is 0.123. The number of nitrogens with zero attached hydrogens (tertiary/aromatic N) is 1. The standard InChI is InChI=1S/C36H29BrN2O4/c1-24-12-13-27-10-6-7-11-31(27)32(24)23-43-35-33(37)19-26(20-34(35)41-2)18-28(21-38)36(40)39-29-14-16-30(17-15-29)42-22-25-8-4-3-5-9-25/h3-20H,22-23H2,1-2H3,(H,39,40)/b28-18+. The Hall–Kier alpha value is -5.06. The topological polar surface area (TPSA) is 80.6 Å². The molecule has 5 aromatic rings. The van der Waals surface area contributed by atoms with Gasteiger partial charge in [-0.05, 0) is 92.8 Å². The summed E-state index contributed by atoms with van der Waals surface area (Å²) in [6, 6.07) is 34.8. The summed E-state index contributed by atoms with van der Waals surface area (Å²) < 4.78 is 18.3. The molecular weight excluding hydrogens is 604 g/mol. The van der Waals surface area contributed by atoms with E-state index in [0.717, 1.165) is 27.5 Å². The summed E-state index contributed by atoms with van der Waals surface area (Å²) in [7, 11) is 1.55. The zero-order valence-electron chi connectivity index (χ0n) is 23.8. The Kier molecular flexibility index (Phi) is 9.40. The molecule has 1 N–H and O–H groups in total. The number of carbonyl (C=O) groups is 1. The average molecular weight is 634 g/mol. The molecule has 0 radical (unpaired) electrons. The van der Waals surface area contributed by atoms with Crippen molar-refractivity contribution in [2.24, 2.45) is 0 Å². The molecule has 0 saturated heterocycles. The largest absolute Gasteiger partial charge is 0.493 e. The minimum absolute atomic E-state index is 0.0570. The van der Waals surface area contributed by atoms with Gasteiger partial charge in [0.2, 0.25) is 0 Å². The smallest absolute Gasteiger partial charge is 0.266 e. The SMILES string of the molecule is COc1cc(/C=C(\C#N)C(=O)Nc2ccc(OCc3ccccc3)cc2)cc(Br)c1OCc1c(C)ccc2ccccc12. The summed E-state index contributed by atoms with van der Waals surface area (Å²) in [6.45, 7) is 2.85. The van der Waals surface area contributed by atoms with E-state index in [-0.39, 0.29) is 5.57 Å². The first-order valence-electron chi connectivity index (χ1n) is 13.6. The molecule has 0 fully saturated rings. The first-order valence-corrected chi connectivity index (χ1v) is 14.4. The number of methoxy groups -OCH3 is 1. The van der Waals surface area contributed by atoms with Gasteiger partial charge in [0.25, 0.3) is 5.91 Å². The number of nitrogens with one attached hydrogen (secondary N) is 1. The maximum absolute atomic E-state index is 12.9. The lowest BCUT2D eigenvalue weighted by Crippen LogP contribution is -2.13. The van der Waals surface area contributed by atoms with Crippen molar-refractivity contribution in [2.45, 2.75) is 20.1 Å². The van der Waals surface area contributed by atoms with Crippen molar-refractivity contribution in [1.29, 1.82) is 5.26 Å². The van der Waals surface area contributed by atoms with Crippen LogP contribution >= 0.6 is 15.9 Å². The fraction of sp³-hybridized carbons (Fsp3) is 0.111. The third kappa shape index (κ3) is 7.24. The maximum atomic E-state index is 12.9. The molecule has 0 aliphatic carbocycles. The van der Waals surface area contributed by atoms with Crippen LogP contribution in [0.15, 0.2) is 113 Å². The minimum atomic E-state index is -0.526. The summed E-state index contributed by atoms with van der Waals surface area (Å²) in [4.78, 5) is 12.9. The van der Waals surface area contributed by atoms with Gasteiger partial charge in [-0.1, -0.05) is 66.7 Å². The monoisotopic (exact) mass is 632 g/mol. The Morgan fingerprint density at radius 1 is 0.907 bits per heavy atom. The van der Waals surface area contributed by atoms with Crippen molar-refractivity contribution in [1.82, 2.24) is 0 Å². The molecule has 0 saturated carbocycles. The number of nitriles is 1. The van der Waals surface area contributed by atoms with Crippen molar-refractivity contribution in [3.05, 3.63) is 135 Å². The van der Waals surface area contributed by atoms with Crippen LogP contribution in [-0.2, 0) is 18.0 Å². The average Bonchev–Trinajstić information content (AvgIpc) is 3.03. The second kappa shape index (κ2) is 13.7. The lowest BCUT2D eigenvalue weighted by molar-refractivity contribution is -0.112. The van der Waals surface area contributed by atoms with E-state index in [4.69, 9.17) is 14.2 Å². The highest BCUT2D eigenvalue weighted by atomic mass is 79.9. The number of ether oxygens (including phenoxy) is 3. The van der Waals surface area contributed by atoms with Crippen LogP contribution < -0.4 is 19.5 Å². The van der Waals surface area contributed by atoms with Gasteiger partial charge in [0.05, 0.1) is 11.6 Å². The summed E-state index contributed by atoms with van der Waals surface area (Å²) in [6.07, 6.45) is 1.51. The van der Waals surface area contributed by atoms with Crippen molar-refractivity contribution >= 4 is 44.4 Å². The number of rotatable bonds is 10. The molecule has 0 atom stereocenters. The van der Waals surface area contributed by atoms with E-state index >= 15 is 0 Å². The highest BCUT2D eigenvalue weighted by Crippen LogP contribution is 2.38. The van der Waals surface area contributed by atoms with Gasteiger partial charge in [-0.2, -0.15) is 5.26 Å². The Morgan fingerprint density at radius 2 is 1.65 bits per heavy atom. The third-order valence-electron chi connectivity index (χ3n) is 6.92. The molecule has 214 valence electrons. The molecule has 7 heteroatoms. The van der Waals surface area contributed by atoms with Crippen molar-refractivity contribution in [3.63, 3.8) is 0 Å². The number of amides is 1. The highest BCUT2D eigenvalue weighted by molar-refractivity contribution is 9.10. The Labute approximate surface area is 259 Å². The van der Waals surface area contributed by atoms with Gasteiger partial charge >= 0.3 is 0 Å². The van der Waals surface area contributed by atoms with E-state index in [9.17, 15) is 10.1 Å². The van der Waals surface area contributed by atoms with Crippen LogP contribution in [0.25, 0.3) is 16.8 Å². The lowest BCUT2D eigenvalue weighted by Gasteiger charge is -2.16. The first-order chi connectivity index (χ1) is 20.9. The second-order valence-corrected chi connectivity index (χ2v) is 10.7. The molecule has 0 aliphatic rings. The summed E-state index contributed by atoms with van der Waals surface area (Å²) in [5.74, 6) is 1.15. The lowest BCUT2D eigenvalue weighted by atomic mass is 10.0. The van der Waals surface area contributed by atoms with Crippen LogP contribution in [-0.4, -0.2) is 13.0 Å². The van der Waals surface area contributed by atoms with Gasteiger partial charge in [-0.3, -0.25) is 4.79 Å². The maximum Gasteiger partial charge on any atom is 0.266 e. The normalized spacial score (nSPS) is 11.1. The van der Waals surface area contributed by atoms with Gasteiger partial charge < -0.3 is 19.5 Å². The molecule has 0 aromatic heterocycles. The van der Waals surface area contributed by atoms with Crippen molar-refractivity contribution in [2.75, 3.05) is 12.4 Å². The van der Waals surface area contributed by atoms with E-state index in [0.29, 0.717) is 46.2 Å². The Bertz CT molecular complexity index is 1830. The van der Waals surface area contributed by atoms with E-state index < -0.39 is 5.91 Å². The number of aryl methyl sites for hydroxylation is 1. The third-order valence-corrected chi connectivity index (χ3v) is 7.51. The predicted octanol–water partition coefficient (Wildman–Crippen LogP) is 8.62. The zero-order chi connectivity index (χ0) is 30.2. The number of halogens is 1. The second-order valence-electron chi connectivity index (χ2n) is 9.83. The molecule has 0 bridgehead atoms. The predicted molar refractivity (Wildman–Crippen MR) is 173 cm³/mol. The molecule has 1 amide bonds.